The van der Waals surface area contributed by atoms with Crippen LogP contribution in [0.4, 0.5) is 0 Å². The number of amides is 1. The molecule has 0 heterocycles. The van der Waals surface area contributed by atoms with E-state index in [0.717, 1.165) is 18.9 Å². The monoisotopic (exact) mass is 228 g/mol. The van der Waals surface area contributed by atoms with Crippen LogP contribution in [-0.4, -0.2) is 32.2 Å². The maximum Gasteiger partial charge on any atom is 0.237 e. The van der Waals surface area contributed by atoms with E-state index in [9.17, 15) is 4.79 Å². The van der Waals surface area contributed by atoms with E-state index in [-0.39, 0.29) is 5.91 Å². The molecule has 0 spiro atoms. The second kappa shape index (κ2) is 7.63. The summed E-state index contributed by atoms with van der Waals surface area (Å²) in [6.07, 6.45) is 7.05. The molecule has 0 radical (unpaired) electrons. The van der Waals surface area contributed by atoms with Gasteiger partial charge in [0.15, 0.2) is 0 Å². The second-order valence-corrected chi connectivity index (χ2v) is 4.62. The number of nitrogens with one attached hydrogen (secondary N) is 1. The zero-order valence-electron chi connectivity index (χ0n) is 10.2. The van der Waals surface area contributed by atoms with Crippen LogP contribution < -0.4 is 11.1 Å². The first-order chi connectivity index (χ1) is 7.74. The molecule has 1 aliphatic carbocycles. The molecule has 16 heavy (non-hydrogen) atoms. The van der Waals surface area contributed by atoms with E-state index in [2.05, 4.69) is 5.32 Å². The van der Waals surface area contributed by atoms with Crippen LogP contribution in [-0.2, 0) is 9.53 Å². The molecule has 94 valence electrons. The summed E-state index contributed by atoms with van der Waals surface area (Å²) in [5.41, 5.74) is 5.71. The molecule has 4 nitrogen and oxygen atoms in total. The van der Waals surface area contributed by atoms with Crippen molar-refractivity contribution in [2.45, 2.75) is 44.6 Å². The molecule has 1 saturated carbocycles. The van der Waals surface area contributed by atoms with E-state index < -0.39 is 6.04 Å². The Morgan fingerprint density at radius 3 is 2.81 bits per heavy atom. The molecule has 1 atom stereocenters. The molecule has 1 amide bonds. The van der Waals surface area contributed by atoms with Crippen molar-refractivity contribution in [1.82, 2.24) is 5.32 Å². The Morgan fingerprint density at radius 2 is 2.19 bits per heavy atom. The Hall–Kier alpha value is -0.610. The summed E-state index contributed by atoms with van der Waals surface area (Å²) in [7, 11) is 1.62. The van der Waals surface area contributed by atoms with Gasteiger partial charge >= 0.3 is 0 Å². The molecule has 0 aromatic carbocycles. The quantitative estimate of drug-likeness (QED) is 0.684. The van der Waals surface area contributed by atoms with Crippen molar-refractivity contribution >= 4 is 5.91 Å². The predicted octanol–water partition coefficient (Wildman–Crippen LogP) is 1.05. The lowest BCUT2D eigenvalue weighted by Crippen LogP contribution is -2.41. The lowest BCUT2D eigenvalue weighted by atomic mass is 10.0. The third-order valence-corrected chi connectivity index (χ3v) is 3.30. The van der Waals surface area contributed by atoms with Crippen molar-refractivity contribution in [2.75, 3.05) is 20.3 Å². The van der Waals surface area contributed by atoms with E-state index >= 15 is 0 Å². The average molecular weight is 228 g/mol. The molecule has 0 aliphatic heterocycles. The molecule has 1 aliphatic rings. The predicted molar refractivity (Wildman–Crippen MR) is 64.1 cm³/mol. The minimum atomic E-state index is -0.427. The number of nitrogens with two attached hydrogens (primary N) is 1. The summed E-state index contributed by atoms with van der Waals surface area (Å²) in [6, 6.07) is -0.427. The highest BCUT2D eigenvalue weighted by Gasteiger charge is 2.16. The first kappa shape index (κ1) is 13.5. The minimum absolute atomic E-state index is 0.0463. The molecule has 4 heteroatoms. The highest BCUT2D eigenvalue weighted by Crippen LogP contribution is 2.26. The van der Waals surface area contributed by atoms with Crippen LogP contribution in [0.1, 0.15) is 38.5 Å². The fourth-order valence-corrected chi connectivity index (χ4v) is 2.21. The van der Waals surface area contributed by atoms with Crippen molar-refractivity contribution in [3.63, 3.8) is 0 Å². The first-order valence-corrected chi connectivity index (χ1v) is 6.26. The number of rotatable bonds is 7. The summed E-state index contributed by atoms with van der Waals surface area (Å²) in [4.78, 5) is 11.5. The van der Waals surface area contributed by atoms with E-state index in [1.807, 2.05) is 0 Å². The number of hydrogen-bond acceptors (Lipinski definition) is 3. The molecule has 1 unspecified atom stereocenters. The highest BCUT2D eigenvalue weighted by molar-refractivity contribution is 5.81. The third kappa shape index (κ3) is 4.94. The largest absolute Gasteiger partial charge is 0.385 e. The number of hydrogen-bond donors (Lipinski definition) is 2. The topological polar surface area (TPSA) is 64.3 Å². The summed E-state index contributed by atoms with van der Waals surface area (Å²) in [5, 5.41) is 2.90. The molecule has 0 bridgehead atoms. The zero-order chi connectivity index (χ0) is 11.8. The summed E-state index contributed by atoms with van der Waals surface area (Å²) in [5.74, 6) is 0.769. The lowest BCUT2D eigenvalue weighted by molar-refractivity contribution is -0.122. The number of methoxy groups -OCH3 is 1. The van der Waals surface area contributed by atoms with Gasteiger partial charge in [-0.05, 0) is 18.8 Å². The smallest absolute Gasteiger partial charge is 0.237 e. The maximum absolute atomic E-state index is 11.5. The van der Waals surface area contributed by atoms with Crippen molar-refractivity contribution in [3.8, 4) is 0 Å². The summed E-state index contributed by atoms with van der Waals surface area (Å²) < 4.78 is 4.89. The minimum Gasteiger partial charge on any atom is -0.385 e. The fourth-order valence-electron chi connectivity index (χ4n) is 2.21. The van der Waals surface area contributed by atoms with Gasteiger partial charge in [0.05, 0.1) is 6.04 Å². The van der Waals surface area contributed by atoms with Gasteiger partial charge in [-0.25, -0.2) is 0 Å². The van der Waals surface area contributed by atoms with Crippen LogP contribution in [0.15, 0.2) is 0 Å². The molecule has 1 fully saturated rings. The Labute approximate surface area is 97.9 Å². The molecule has 0 aromatic heterocycles. The molecule has 0 saturated heterocycles. The van der Waals surface area contributed by atoms with Gasteiger partial charge in [0.1, 0.15) is 0 Å². The summed E-state index contributed by atoms with van der Waals surface area (Å²) in [6.45, 7) is 1.31. The molecular formula is C12H24N2O2. The molecule has 3 N–H and O–H groups in total. The SMILES string of the molecule is COCCC(N)C(=O)NCCC1CCCC1. The number of carbonyl (C=O) groups is 1. The molecular weight excluding hydrogens is 204 g/mol. The van der Waals surface area contributed by atoms with Crippen molar-refractivity contribution < 1.29 is 9.53 Å². The maximum atomic E-state index is 11.5. The standard InChI is InChI=1S/C12H24N2O2/c1-16-9-7-11(13)12(15)14-8-6-10-4-2-3-5-10/h10-11H,2-9,13H2,1H3,(H,14,15). The van der Waals surface area contributed by atoms with Crippen LogP contribution in [0, 0.1) is 5.92 Å². The Morgan fingerprint density at radius 1 is 1.50 bits per heavy atom. The Kier molecular flexibility index (Phi) is 6.42. The average Bonchev–Trinajstić information content (AvgIpc) is 2.78. The van der Waals surface area contributed by atoms with E-state index in [1.165, 1.54) is 25.7 Å². The zero-order valence-corrected chi connectivity index (χ0v) is 10.2. The molecule has 0 aromatic rings. The number of ether oxygens (including phenoxy) is 1. The van der Waals surface area contributed by atoms with Gasteiger partial charge < -0.3 is 15.8 Å². The van der Waals surface area contributed by atoms with Gasteiger partial charge in [-0.2, -0.15) is 0 Å². The van der Waals surface area contributed by atoms with E-state index in [0.29, 0.717) is 13.0 Å². The van der Waals surface area contributed by atoms with E-state index in [1.54, 1.807) is 7.11 Å². The first-order valence-electron chi connectivity index (χ1n) is 6.26. The Bertz CT molecular complexity index is 203. The van der Waals surface area contributed by atoms with Gasteiger partial charge in [-0.15, -0.1) is 0 Å². The van der Waals surface area contributed by atoms with Crippen molar-refractivity contribution in [3.05, 3.63) is 0 Å². The van der Waals surface area contributed by atoms with Crippen molar-refractivity contribution in [1.29, 1.82) is 0 Å². The van der Waals surface area contributed by atoms with Gasteiger partial charge in [-0.3, -0.25) is 4.79 Å². The van der Waals surface area contributed by atoms with E-state index in [4.69, 9.17) is 10.5 Å². The highest BCUT2D eigenvalue weighted by atomic mass is 16.5. The van der Waals surface area contributed by atoms with Crippen LogP contribution >= 0.6 is 0 Å². The van der Waals surface area contributed by atoms with Crippen LogP contribution in [0.2, 0.25) is 0 Å². The summed E-state index contributed by atoms with van der Waals surface area (Å²) >= 11 is 0. The van der Waals surface area contributed by atoms with Crippen LogP contribution in [0.5, 0.6) is 0 Å². The second-order valence-electron chi connectivity index (χ2n) is 4.62. The normalized spacial score (nSPS) is 18.6. The van der Waals surface area contributed by atoms with Crippen LogP contribution in [0.25, 0.3) is 0 Å². The van der Waals surface area contributed by atoms with Gasteiger partial charge in [-0.1, -0.05) is 25.7 Å². The lowest BCUT2D eigenvalue weighted by Gasteiger charge is -2.13. The Balaban J connectivity index is 2.04. The molecule has 1 rings (SSSR count). The fraction of sp³-hybridized carbons (Fsp3) is 0.917. The van der Waals surface area contributed by atoms with Crippen LogP contribution in [0.3, 0.4) is 0 Å². The third-order valence-electron chi connectivity index (χ3n) is 3.30. The number of carbonyl (C=O) groups excluding carboxylic acids is 1. The van der Waals surface area contributed by atoms with Crippen molar-refractivity contribution in [2.24, 2.45) is 11.7 Å². The van der Waals surface area contributed by atoms with Gasteiger partial charge in [0.2, 0.25) is 5.91 Å². The van der Waals surface area contributed by atoms with Gasteiger partial charge in [0, 0.05) is 20.3 Å². The van der Waals surface area contributed by atoms with Gasteiger partial charge in [0.25, 0.3) is 0 Å².